The summed E-state index contributed by atoms with van der Waals surface area (Å²) in [4.78, 5) is 11.8. The highest BCUT2D eigenvalue weighted by atomic mass is 15.2. The lowest BCUT2D eigenvalue weighted by molar-refractivity contribution is 0.329. The van der Waals surface area contributed by atoms with E-state index in [4.69, 9.17) is 4.99 Å². The van der Waals surface area contributed by atoms with Gasteiger partial charge in [-0.2, -0.15) is 0 Å². The number of hydrogen-bond acceptors (Lipinski definition) is 3. The Hall–Kier alpha value is -1.78. The lowest BCUT2D eigenvalue weighted by Gasteiger charge is -2.28. The van der Waals surface area contributed by atoms with E-state index in [0.29, 0.717) is 12.6 Å². The molecule has 1 aliphatic carbocycles. The van der Waals surface area contributed by atoms with Crippen molar-refractivity contribution in [2.45, 2.75) is 65.0 Å². The molecule has 5 nitrogen and oxygen atoms in total. The monoisotopic (exact) mass is 343 g/mol. The van der Waals surface area contributed by atoms with Gasteiger partial charge in [-0.15, -0.1) is 0 Å². The van der Waals surface area contributed by atoms with Crippen molar-refractivity contribution in [2.24, 2.45) is 10.9 Å². The third-order valence-corrected chi connectivity index (χ3v) is 5.36. The van der Waals surface area contributed by atoms with Gasteiger partial charge in [0.15, 0.2) is 5.96 Å². The van der Waals surface area contributed by atoms with Crippen molar-refractivity contribution in [3.05, 3.63) is 23.9 Å². The van der Waals surface area contributed by atoms with E-state index in [-0.39, 0.29) is 0 Å². The molecular weight excluding hydrogens is 310 g/mol. The van der Waals surface area contributed by atoms with Crippen molar-refractivity contribution >= 4 is 11.8 Å². The van der Waals surface area contributed by atoms with Gasteiger partial charge in [-0.05, 0) is 63.0 Å². The van der Waals surface area contributed by atoms with Crippen molar-refractivity contribution in [3.8, 4) is 0 Å². The van der Waals surface area contributed by atoms with Crippen LogP contribution in [0.15, 0.2) is 23.3 Å². The smallest absolute Gasteiger partial charge is 0.191 e. The summed E-state index contributed by atoms with van der Waals surface area (Å²) in [6, 6.07) is 4.86. The van der Waals surface area contributed by atoms with Crippen molar-refractivity contribution in [1.29, 1.82) is 0 Å². The van der Waals surface area contributed by atoms with Gasteiger partial charge < -0.3 is 15.5 Å². The largest absolute Gasteiger partial charge is 0.357 e. The molecule has 3 rings (SSSR count). The molecule has 25 heavy (non-hydrogen) atoms. The number of aromatic nitrogens is 1. The van der Waals surface area contributed by atoms with E-state index in [9.17, 15) is 0 Å². The quantitative estimate of drug-likeness (QED) is 0.636. The van der Waals surface area contributed by atoms with Crippen LogP contribution in [-0.4, -0.2) is 36.6 Å². The molecule has 138 valence electrons. The maximum Gasteiger partial charge on any atom is 0.191 e. The zero-order valence-electron chi connectivity index (χ0n) is 15.8. The molecule has 2 heterocycles. The van der Waals surface area contributed by atoms with Crippen LogP contribution in [0, 0.1) is 5.92 Å². The molecule has 1 saturated carbocycles. The maximum atomic E-state index is 4.76. The highest BCUT2D eigenvalue weighted by Gasteiger charge is 2.19. The molecule has 1 aliphatic heterocycles. The first kappa shape index (κ1) is 18.0. The van der Waals surface area contributed by atoms with Gasteiger partial charge in [0.2, 0.25) is 0 Å². The lowest BCUT2D eigenvalue weighted by atomic mass is 9.87. The van der Waals surface area contributed by atoms with Crippen LogP contribution in [0.2, 0.25) is 0 Å². The molecule has 0 bridgehead atoms. The fourth-order valence-electron chi connectivity index (χ4n) is 3.73. The van der Waals surface area contributed by atoms with Gasteiger partial charge >= 0.3 is 0 Å². The molecule has 5 heteroatoms. The molecule has 1 aromatic heterocycles. The first-order chi connectivity index (χ1) is 12.2. The van der Waals surface area contributed by atoms with E-state index >= 15 is 0 Å². The van der Waals surface area contributed by atoms with Gasteiger partial charge in [-0.25, -0.2) is 9.98 Å². The predicted molar refractivity (Wildman–Crippen MR) is 105 cm³/mol. The SMILES string of the molecule is CCNC(=NCc1ccc(N2CCCC2)nc1)NC1CCC(C)CC1. The normalized spacial score (nSPS) is 24.4. The molecule has 0 spiro atoms. The minimum atomic E-state index is 0.560. The Morgan fingerprint density at radius 2 is 1.96 bits per heavy atom. The van der Waals surface area contributed by atoms with Crippen LogP contribution in [0.1, 0.15) is 57.9 Å². The number of guanidine groups is 1. The molecule has 0 radical (unpaired) electrons. The lowest BCUT2D eigenvalue weighted by Crippen LogP contribution is -2.44. The molecule has 2 N–H and O–H groups in total. The van der Waals surface area contributed by atoms with Gasteiger partial charge in [0.05, 0.1) is 6.54 Å². The van der Waals surface area contributed by atoms with Crippen LogP contribution in [0.5, 0.6) is 0 Å². The molecule has 1 aromatic rings. The van der Waals surface area contributed by atoms with Gasteiger partial charge in [0, 0.05) is 31.9 Å². The molecule has 2 aliphatic rings. The van der Waals surface area contributed by atoms with E-state index in [0.717, 1.165) is 42.9 Å². The van der Waals surface area contributed by atoms with Crippen molar-refractivity contribution in [1.82, 2.24) is 15.6 Å². The molecule has 2 fully saturated rings. The molecule has 0 atom stereocenters. The summed E-state index contributed by atoms with van der Waals surface area (Å²) >= 11 is 0. The summed E-state index contributed by atoms with van der Waals surface area (Å²) in [6.07, 6.45) is 9.67. The zero-order valence-corrected chi connectivity index (χ0v) is 15.8. The Kier molecular flexibility index (Phi) is 6.54. The summed E-state index contributed by atoms with van der Waals surface area (Å²) in [7, 11) is 0. The topological polar surface area (TPSA) is 52.6 Å². The minimum absolute atomic E-state index is 0.560. The molecule has 1 saturated heterocycles. The standard InChI is InChI=1S/C20H33N5/c1-3-21-20(24-18-9-6-16(2)7-10-18)23-15-17-8-11-19(22-14-17)25-12-4-5-13-25/h8,11,14,16,18H,3-7,9-10,12-13,15H2,1-2H3,(H2,21,23,24). The first-order valence-electron chi connectivity index (χ1n) is 9.99. The summed E-state index contributed by atoms with van der Waals surface area (Å²) in [6.45, 7) is 8.31. The maximum absolute atomic E-state index is 4.76. The van der Waals surface area contributed by atoms with Gasteiger partial charge in [0.25, 0.3) is 0 Å². The average molecular weight is 344 g/mol. The zero-order chi connectivity index (χ0) is 17.5. The molecule has 0 aromatic carbocycles. The number of hydrogen-bond donors (Lipinski definition) is 2. The fourth-order valence-corrected chi connectivity index (χ4v) is 3.73. The Labute approximate surface area is 152 Å². The van der Waals surface area contributed by atoms with Crippen LogP contribution < -0.4 is 15.5 Å². The fraction of sp³-hybridized carbons (Fsp3) is 0.700. The molecular formula is C20H33N5. The van der Waals surface area contributed by atoms with Crippen LogP contribution in [-0.2, 0) is 6.54 Å². The number of anilines is 1. The van der Waals surface area contributed by atoms with E-state index in [1.807, 2.05) is 6.20 Å². The van der Waals surface area contributed by atoms with Gasteiger partial charge in [-0.1, -0.05) is 13.0 Å². The van der Waals surface area contributed by atoms with Crippen LogP contribution >= 0.6 is 0 Å². The summed E-state index contributed by atoms with van der Waals surface area (Å²) < 4.78 is 0. The second-order valence-electron chi connectivity index (χ2n) is 7.52. The van der Waals surface area contributed by atoms with Crippen molar-refractivity contribution in [3.63, 3.8) is 0 Å². The van der Waals surface area contributed by atoms with Gasteiger partial charge in [0.1, 0.15) is 5.82 Å². The highest BCUT2D eigenvalue weighted by molar-refractivity contribution is 5.80. The van der Waals surface area contributed by atoms with Crippen molar-refractivity contribution < 1.29 is 0 Å². The first-order valence-corrected chi connectivity index (χ1v) is 9.99. The van der Waals surface area contributed by atoms with Crippen LogP contribution in [0.25, 0.3) is 0 Å². The second kappa shape index (κ2) is 9.07. The highest BCUT2D eigenvalue weighted by Crippen LogP contribution is 2.23. The van der Waals surface area contributed by atoms with Crippen LogP contribution in [0.3, 0.4) is 0 Å². The van der Waals surface area contributed by atoms with E-state index in [1.165, 1.54) is 38.5 Å². The predicted octanol–water partition coefficient (Wildman–Crippen LogP) is 3.32. The number of nitrogens with zero attached hydrogens (tertiary/aromatic N) is 3. The average Bonchev–Trinajstić information content (AvgIpc) is 3.17. The Bertz CT molecular complexity index is 540. The minimum Gasteiger partial charge on any atom is -0.357 e. The summed E-state index contributed by atoms with van der Waals surface area (Å²) in [5, 5.41) is 6.99. The Morgan fingerprint density at radius 3 is 2.60 bits per heavy atom. The van der Waals surface area contributed by atoms with E-state index < -0.39 is 0 Å². The molecule has 0 unspecified atom stereocenters. The Balaban J connectivity index is 1.55. The third kappa shape index (κ3) is 5.35. The third-order valence-electron chi connectivity index (χ3n) is 5.36. The van der Waals surface area contributed by atoms with E-state index in [2.05, 4.69) is 46.5 Å². The van der Waals surface area contributed by atoms with Gasteiger partial charge in [-0.3, -0.25) is 0 Å². The number of aliphatic imine (C=N–C) groups is 1. The second-order valence-corrected chi connectivity index (χ2v) is 7.52. The summed E-state index contributed by atoms with van der Waals surface area (Å²) in [5.41, 5.74) is 1.16. The van der Waals surface area contributed by atoms with Crippen molar-refractivity contribution in [2.75, 3.05) is 24.5 Å². The molecule has 0 amide bonds. The number of nitrogens with one attached hydrogen (secondary N) is 2. The Morgan fingerprint density at radius 1 is 1.20 bits per heavy atom. The number of rotatable bonds is 5. The summed E-state index contributed by atoms with van der Waals surface area (Å²) in [5.74, 6) is 2.91. The number of pyridine rings is 1. The van der Waals surface area contributed by atoms with E-state index in [1.54, 1.807) is 0 Å². The van der Waals surface area contributed by atoms with Crippen LogP contribution in [0.4, 0.5) is 5.82 Å².